The van der Waals surface area contributed by atoms with E-state index in [0.29, 0.717) is 24.5 Å². The zero-order chi connectivity index (χ0) is 13.2. The van der Waals surface area contributed by atoms with Crippen LogP contribution in [-0.2, 0) is 0 Å². The summed E-state index contributed by atoms with van der Waals surface area (Å²) >= 11 is 0. The minimum Gasteiger partial charge on any atom is -0.474 e. The molecule has 0 atom stereocenters. The highest BCUT2D eigenvalue weighted by Crippen LogP contribution is 2.38. The first-order chi connectivity index (χ1) is 8.45. The van der Waals surface area contributed by atoms with E-state index in [1.807, 2.05) is 0 Å². The molecule has 0 bridgehead atoms. The van der Waals surface area contributed by atoms with E-state index < -0.39 is 12.1 Å². The van der Waals surface area contributed by atoms with Crippen molar-refractivity contribution in [2.75, 3.05) is 0 Å². The molecule has 18 heavy (non-hydrogen) atoms. The number of nitrogens with zero attached hydrogens (tertiary/aromatic N) is 2. The Labute approximate surface area is 103 Å². The van der Waals surface area contributed by atoms with Gasteiger partial charge in [0.25, 0.3) is 0 Å². The fraction of sp³-hybridized carbons (Fsp3) is 0.667. The van der Waals surface area contributed by atoms with Gasteiger partial charge in [-0.25, -0.2) is 4.98 Å². The van der Waals surface area contributed by atoms with Crippen molar-refractivity contribution in [1.82, 2.24) is 9.97 Å². The molecule has 1 saturated carbocycles. The van der Waals surface area contributed by atoms with Crippen LogP contribution in [0.3, 0.4) is 0 Å². The van der Waals surface area contributed by atoms with Gasteiger partial charge in [-0.05, 0) is 32.6 Å². The van der Waals surface area contributed by atoms with E-state index in [-0.39, 0.29) is 18.9 Å². The highest BCUT2D eigenvalue weighted by atomic mass is 19.4. The normalized spacial score (nSPS) is 24.9. The fourth-order valence-electron chi connectivity index (χ4n) is 2.18. The van der Waals surface area contributed by atoms with Gasteiger partial charge in [-0.3, -0.25) is 0 Å². The van der Waals surface area contributed by atoms with E-state index in [1.165, 1.54) is 0 Å². The maximum absolute atomic E-state index is 12.5. The average Bonchev–Trinajstić information content (AvgIpc) is 2.28. The van der Waals surface area contributed by atoms with Crippen molar-refractivity contribution in [1.29, 1.82) is 0 Å². The van der Waals surface area contributed by atoms with Gasteiger partial charge in [0.15, 0.2) is 0 Å². The number of alkyl halides is 3. The zero-order valence-electron chi connectivity index (χ0n) is 10.1. The molecule has 0 spiro atoms. The van der Waals surface area contributed by atoms with Crippen molar-refractivity contribution in [3.05, 3.63) is 18.1 Å². The number of halogens is 3. The highest BCUT2D eigenvalue weighted by molar-refractivity contribution is 5.08. The number of hydrogen-bond donors (Lipinski definition) is 0. The van der Waals surface area contributed by atoms with Gasteiger partial charge >= 0.3 is 6.18 Å². The van der Waals surface area contributed by atoms with Crippen molar-refractivity contribution < 1.29 is 17.9 Å². The third-order valence-electron chi connectivity index (χ3n) is 3.18. The van der Waals surface area contributed by atoms with E-state index in [4.69, 9.17) is 4.74 Å². The molecule has 100 valence electrons. The van der Waals surface area contributed by atoms with Gasteiger partial charge in [-0.15, -0.1) is 0 Å². The summed E-state index contributed by atoms with van der Waals surface area (Å²) in [5.74, 6) is -0.140. The number of aromatic nitrogens is 2. The van der Waals surface area contributed by atoms with Gasteiger partial charge in [0, 0.05) is 12.3 Å². The molecular weight excluding hydrogens is 245 g/mol. The Balaban J connectivity index is 1.87. The SMILES string of the molecule is Cc1nccc(OC2CCC(C(F)(F)F)CC2)n1. The van der Waals surface area contributed by atoms with Crippen molar-refractivity contribution in [2.45, 2.75) is 44.9 Å². The summed E-state index contributed by atoms with van der Waals surface area (Å²) in [5.41, 5.74) is 0. The lowest BCUT2D eigenvalue weighted by atomic mass is 9.87. The summed E-state index contributed by atoms with van der Waals surface area (Å²) in [6.07, 6.45) is -1.54. The van der Waals surface area contributed by atoms with Gasteiger partial charge in [0.1, 0.15) is 11.9 Å². The molecule has 1 aliphatic rings. The van der Waals surface area contributed by atoms with Gasteiger partial charge < -0.3 is 4.74 Å². The number of hydrogen-bond acceptors (Lipinski definition) is 3. The first-order valence-corrected chi connectivity index (χ1v) is 5.98. The minimum absolute atomic E-state index is 0.137. The highest BCUT2D eigenvalue weighted by Gasteiger charge is 2.41. The lowest BCUT2D eigenvalue weighted by Gasteiger charge is -2.29. The Morgan fingerprint density at radius 1 is 1.22 bits per heavy atom. The first-order valence-electron chi connectivity index (χ1n) is 5.98. The first kappa shape index (κ1) is 13.1. The molecule has 1 aromatic heterocycles. The van der Waals surface area contributed by atoms with E-state index in [2.05, 4.69) is 9.97 Å². The second kappa shape index (κ2) is 5.12. The second-order valence-corrected chi connectivity index (χ2v) is 4.58. The summed E-state index contributed by atoms with van der Waals surface area (Å²) in [5, 5.41) is 0. The van der Waals surface area contributed by atoms with Crippen LogP contribution in [0.15, 0.2) is 12.3 Å². The van der Waals surface area contributed by atoms with Gasteiger partial charge in [0.2, 0.25) is 5.88 Å². The van der Waals surface area contributed by atoms with Crippen LogP contribution in [0.1, 0.15) is 31.5 Å². The molecule has 0 amide bonds. The molecule has 2 rings (SSSR count). The molecule has 1 aromatic rings. The standard InChI is InChI=1S/C12H15F3N2O/c1-8-16-7-6-11(17-8)18-10-4-2-9(3-5-10)12(13,14)15/h6-7,9-10H,2-5H2,1H3. The summed E-state index contributed by atoms with van der Waals surface area (Å²) < 4.78 is 43.0. The molecule has 0 aromatic carbocycles. The van der Waals surface area contributed by atoms with Gasteiger partial charge in [0.05, 0.1) is 5.92 Å². The monoisotopic (exact) mass is 260 g/mol. The van der Waals surface area contributed by atoms with Crippen LogP contribution in [0.25, 0.3) is 0 Å². The lowest BCUT2D eigenvalue weighted by Crippen LogP contribution is -2.32. The van der Waals surface area contributed by atoms with E-state index in [0.717, 1.165) is 0 Å². The maximum Gasteiger partial charge on any atom is 0.391 e. The van der Waals surface area contributed by atoms with E-state index in [9.17, 15) is 13.2 Å². The fourth-order valence-corrected chi connectivity index (χ4v) is 2.18. The van der Waals surface area contributed by atoms with Crippen molar-refractivity contribution in [2.24, 2.45) is 5.92 Å². The quantitative estimate of drug-likeness (QED) is 0.818. The maximum atomic E-state index is 12.5. The minimum atomic E-state index is -4.07. The third-order valence-corrected chi connectivity index (χ3v) is 3.18. The Kier molecular flexibility index (Phi) is 3.73. The van der Waals surface area contributed by atoms with E-state index >= 15 is 0 Å². The molecule has 3 nitrogen and oxygen atoms in total. The molecule has 6 heteroatoms. The summed E-state index contributed by atoms with van der Waals surface area (Å²) in [6.45, 7) is 1.74. The summed E-state index contributed by atoms with van der Waals surface area (Å²) in [7, 11) is 0. The molecule has 1 heterocycles. The number of rotatable bonds is 2. The van der Waals surface area contributed by atoms with Crippen LogP contribution in [0, 0.1) is 12.8 Å². The summed E-state index contributed by atoms with van der Waals surface area (Å²) in [6, 6.07) is 1.63. The smallest absolute Gasteiger partial charge is 0.391 e. The number of aryl methyl sites for hydroxylation is 1. The number of ether oxygens (including phenoxy) is 1. The molecule has 0 unspecified atom stereocenters. The predicted molar refractivity (Wildman–Crippen MR) is 59.2 cm³/mol. The van der Waals surface area contributed by atoms with Crippen LogP contribution in [0.5, 0.6) is 5.88 Å². The Morgan fingerprint density at radius 3 is 2.44 bits per heavy atom. The Hall–Kier alpha value is -1.33. The largest absolute Gasteiger partial charge is 0.474 e. The van der Waals surface area contributed by atoms with Crippen LogP contribution in [0.2, 0.25) is 0 Å². The Morgan fingerprint density at radius 2 is 1.89 bits per heavy atom. The van der Waals surface area contributed by atoms with Crippen LogP contribution < -0.4 is 4.74 Å². The van der Waals surface area contributed by atoms with Crippen molar-refractivity contribution in [3.8, 4) is 5.88 Å². The van der Waals surface area contributed by atoms with Crippen molar-refractivity contribution in [3.63, 3.8) is 0 Å². The third kappa shape index (κ3) is 3.34. The van der Waals surface area contributed by atoms with Crippen LogP contribution in [0.4, 0.5) is 13.2 Å². The molecule has 1 aliphatic carbocycles. The molecule has 1 fully saturated rings. The zero-order valence-corrected chi connectivity index (χ0v) is 10.1. The molecule has 0 aliphatic heterocycles. The van der Waals surface area contributed by atoms with Crippen LogP contribution >= 0.6 is 0 Å². The lowest BCUT2D eigenvalue weighted by molar-refractivity contribution is -0.185. The van der Waals surface area contributed by atoms with Crippen LogP contribution in [-0.4, -0.2) is 22.2 Å². The van der Waals surface area contributed by atoms with Gasteiger partial charge in [-0.1, -0.05) is 0 Å². The predicted octanol–water partition coefficient (Wildman–Crippen LogP) is 3.28. The topological polar surface area (TPSA) is 35.0 Å². The molecule has 0 saturated heterocycles. The van der Waals surface area contributed by atoms with Crippen molar-refractivity contribution >= 4 is 0 Å². The average molecular weight is 260 g/mol. The van der Waals surface area contributed by atoms with Gasteiger partial charge in [-0.2, -0.15) is 18.2 Å². The van der Waals surface area contributed by atoms with E-state index in [1.54, 1.807) is 19.2 Å². The second-order valence-electron chi connectivity index (χ2n) is 4.58. The Bertz CT molecular complexity index is 401. The summed E-state index contributed by atoms with van der Waals surface area (Å²) in [4.78, 5) is 8.02. The molecule has 0 N–H and O–H groups in total. The molecular formula is C12H15F3N2O. The molecule has 0 radical (unpaired) electrons.